The number of phosphoric acid groups is 1. The van der Waals surface area contributed by atoms with Crippen LogP contribution in [0.1, 0.15) is 502 Å². The van der Waals surface area contributed by atoms with Crippen LogP contribution >= 0.6 is 7.82 Å². The number of carbonyl (C=O) groups is 2. The molecule has 103 heavy (non-hydrogen) atoms. The zero-order valence-corrected chi connectivity index (χ0v) is 70.0. The minimum absolute atomic E-state index is 0.0571. The van der Waals surface area contributed by atoms with Crippen LogP contribution in [0.15, 0.2) is 48.6 Å². The van der Waals surface area contributed by atoms with E-state index in [1.54, 1.807) is 0 Å². The van der Waals surface area contributed by atoms with Crippen LogP contribution in [0.5, 0.6) is 0 Å². The summed E-state index contributed by atoms with van der Waals surface area (Å²) >= 11 is 0. The molecule has 0 fully saturated rings. The van der Waals surface area contributed by atoms with Gasteiger partial charge in [-0.05, 0) is 51.4 Å². The molecule has 0 aromatic carbocycles. The van der Waals surface area contributed by atoms with E-state index >= 15 is 0 Å². The van der Waals surface area contributed by atoms with Crippen molar-refractivity contribution in [3.8, 4) is 0 Å². The molecule has 2 atom stereocenters. The summed E-state index contributed by atoms with van der Waals surface area (Å²) in [6.45, 7) is 3.73. The third kappa shape index (κ3) is 88.8. The number of ether oxygens (including phenoxy) is 2. The second kappa shape index (κ2) is 88.9. The first-order chi connectivity index (χ1) is 50.8. The minimum Gasteiger partial charge on any atom is -0.462 e. The molecule has 0 heterocycles. The molecule has 0 saturated heterocycles. The second-order valence-electron chi connectivity index (χ2n) is 31.5. The maximum absolute atomic E-state index is 12.8. The van der Waals surface area contributed by atoms with Crippen LogP contribution in [-0.4, -0.2) is 49.3 Å². The van der Waals surface area contributed by atoms with Gasteiger partial charge in [0.1, 0.15) is 6.61 Å². The number of phosphoric ester groups is 1. The zero-order valence-electron chi connectivity index (χ0n) is 69.1. The molecule has 0 bridgehead atoms. The number of allylic oxidation sites excluding steroid dienone is 8. The van der Waals surface area contributed by atoms with Gasteiger partial charge in [0.15, 0.2) is 6.10 Å². The maximum Gasteiger partial charge on any atom is 0.472 e. The lowest BCUT2D eigenvalue weighted by molar-refractivity contribution is -0.161. The Labute approximate surface area is 642 Å². The molecule has 0 saturated carbocycles. The summed E-state index contributed by atoms with van der Waals surface area (Å²) in [5.74, 6) is -0.796. The molecule has 3 N–H and O–H groups in total. The van der Waals surface area contributed by atoms with Gasteiger partial charge in [-0.15, -0.1) is 0 Å². The van der Waals surface area contributed by atoms with Crippen molar-refractivity contribution in [2.75, 3.05) is 26.4 Å². The van der Waals surface area contributed by atoms with Crippen molar-refractivity contribution in [3.05, 3.63) is 48.6 Å². The summed E-state index contributed by atoms with van der Waals surface area (Å²) in [5.41, 5.74) is 5.43. The third-order valence-corrected chi connectivity index (χ3v) is 22.2. The van der Waals surface area contributed by atoms with Crippen molar-refractivity contribution in [2.45, 2.75) is 508 Å². The molecular weight excluding hydrogens is 1290 g/mol. The van der Waals surface area contributed by atoms with Gasteiger partial charge in [0.25, 0.3) is 0 Å². The number of hydrogen-bond donors (Lipinski definition) is 2. The van der Waals surface area contributed by atoms with E-state index in [1.165, 1.54) is 411 Å². The van der Waals surface area contributed by atoms with Crippen LogP contribution in [0.4, 0.5) is 0 Å². The smallest absolute Gasteiger partial charge is 0.462 e. The molecule has 0 aliphatic carbocycles. The summed E-state index contributed by atoms with van der Waals surface area (Å²) in [6.07, 6.45) is 118. The summed E-state index contributed by atoms with van der Waals surface area (Å²) < 4.78 is 33.4. The topological polar surface area (TPSA) is 134 Å². The number of unbranched alkanes of at least 4 members (excludes halogenated alkanes) is 68. The van der Waals surface area contributed by atoms with Crippen molar-refractivity contribution >= 4 is 19.8 Å². The lowest BCUT2D eigenvalue weighted by Crippen LogP contribution is -2.29. The average molecular weight is 1470 g/mol. The molecule has 2 unspecified atom stereocenters. The number of carbonyl (C=O) groups excluding carboxylic acids is 2. The van der Waals surface area contributed by atoms with Crippen LogP contribution in [0.25, 0.3) is 0 Å². The molecule has 0 aliphatic rings. The highest BCUT2D eigenvalue weighted by atomic mass is 31.2. The molecule has 0 spiro atoms. The van der Waals surface area contributed by atoms with E-state index in [0.29, 0.717) is 6.42 Å². The summed E-state index contributed by atoms with van der Waals surface area (Å²) in [4.78, 5) is 35.6. The second-order valence-corrected chi connectivity index (χ2v) is 33.0. The first-order valence-electron chi connectivity index (χ1n) is 46.1. The van der Waals surface area contributed by atoms with E-state index < -0.39 is 26.5 Å². The lowest BCUT2D eigenvalue weighted by Gasteiger charge is -2.19. The van der Waals surface area contributed by atoms with Crippen molar-refractivity contribution in [1.82, 2.24) is 0 Å². The Morgan fingerprint density at radius 2 is 0.534 bits per heavy atom. The van der Waals surface area contributed by atoms with E-state index in [4.69, 9.17) is 24.3 Å². The largest absolute Gasteiger partial charge is 0.472 e. The number of rotatable bonds is 89. The predicted molar refractivity (Wildman–Crippen MR) is 450 cm³/mol. The molecule has 0 radical (unpaired) electrons. The fourth-order valence-electron chi connectivity index (χ4n) is 14.5. The Balaban J connectivity index is 3.67. The molecule has 0 aromatic rings. The normalized spacial score (nSPS) is 12.9. The molecule has 608 valence electrons. The van der Waals surface area contributed by atoms with Gasteiger partial charge in [0.2, 0.25) is 0 Å². The summed E-state index contributed by atoms with van der Waals surface area (Å²) in [6, 6.07) is 0. The first kappa shape index (κ1) is 101. The molecule has 10 heteroatoms. The Kier molecular flexibility index (Phi) is 87.1. The Morgan fingerprint density at radius 3 is 0.796 bits per heavy atom. The Hall–Kier alpha value is -2.03. The Morgan fingerprint density at radius 1 is 0.301 bits per heavy atom. The van der Waals surface area contributed by atoms with Gasteiger partial charge >= 0.3 is 19.8 Å². The SMILES string of the molecule is CC/C=C\C/C=C\C/C=C\C/C=C\CCCCCCCCCCCCCCCCCCCCCCCCCCCCCCC(=O)OC(COC(=O)CCCCCCCCCCCCCCCCCCCCCCCCCCCCCCCCCCCCCCCCCCC)COP(=O)(O)OCCN. The standard InChI is InChI=1S/C93H178NO8P/c1-3-5-7-9-11-13-15-17-19-21-23-25-27-29-31-33-35-37-39-41-43-45-47-49-51-53-55-57-59-61-63-65-67-69-71-73-75-77-79-81-83-85-92(95)99-89-91(90-101-103(97,98)100-88-87-94)102-93(96)86-84-82-80-78-76-74-72-70-68-66-64-62-60-58-56-54-52-50-48-46-44-42-40-38-36-34-32-30-28-26-24-22-20-18-16-14-12-10-8-6-4-2/h6,8,12,14,18,20,24,26,91H,3-5,7,9-11,13,15-17,19,21-23,25,27-90,94H2,1-2H3,(H,97,98)/b8-6-,14-12-,20-18-,26-24-. The van der Waals surface area contributed by atoms with E-state index in [-0.39, 0.29) is 38.6 Å². The quantitative estimate of drug-likeness (QED) is 0.0264. The van der Waals surface area contributed by atoms with Gasteiger partial charge < -0.3 is 20.1 Å². The Bertz CT molecular complexity index is 1840. The van der Waals surface area contributed by atoms with Gasteiger partial charge in [-0.3, -0.25) is 18.6 Å². The summed E-state index contributed by atoms with van der Waals surface area (Å²) in [5, 5.41) is 0. The van der Waals surface area contributed by atoms with Crippen LogP contribution in [0.2, 0.25) is 0 Å². The summed E-state index contributed by atoms with van der Waals surface area (Å²) in [7, 11) is -4.40. The molecule has 0 rings (SSSR count). The van der Waals surface area contributed by atoms with Gasteiger partial charge in [-0.1, -0.05) is 486 Å². The van der Waals surface area contributed by atoms with Crippen LogP contribution in [0, 0.1) is 0 Å². The highest BCUT2D eigenvalue weighted by Crippen LogP contribution is 2.43. The minimum atomic E-state index is -4.40. The van der Waals surface area contributed by atoms with E-state index in [9.17, 15) is 19.0 Å². The van der Waals surface area contributed by atoms with Crippen molar-refractivity contribution < 1.29 is 37.6 Å². The maximum atomic E-state index is 12.8. The van der Waals surface area contributed by atoms with Gasteiger partial charge in [0, 0.05) is 19.4 Å². The van der Waals surface area contributed by atoms with E-state index in [2.05, 4.69) is 62.5 Å². The molecule has 0 aromatic heterocycles. The monoisotopic (exact) mass is 1470 g/mol. The van der Waals surface area contributed by atoms with Crippen LogP contribution in [-0.2, 0) is 32.7 Å². The van der Waals surface area contributed by atoms with Crippen molar-refractivity contribution in [2.24, 2.45) is 5.73 Å². The highest BCUT2D eigenvalue weighted by Gasteiger charge is 2.26. The molecule has 0 amide bonds. The fraction of sp³-hybridized carbons (Fsp3) is 0.892. The number of hydrogen-bond acceptors (Lipinski definition) is 8. The molecular formula is C93H178NO8P. The van der Waals surface area contributed by atoms with Gasteiger partial charge in [-0.25, -0.2) is 4.57 Å². The molecule has 0 aliphatic heterocycles. The number of nitrogens with two attached hydrogens (primary N) is 1. The van der Waals surface area contributed by atoms with E-state index in [1.807, 2.05) is 0 Å². The average Bonchev–Trinajstić information content (AvgIpc) is 0.970. The predicted octanol–water partition coefficient (Wildman–Crippen LogP) is 31.4. The van der Waals surface area contributed by atoms with Crippen molar-refractivity contribution in [3.63, 3.8) is 0 Å². The van der Waals surface area contributed by atoms with Crippen LogP contribution in [0.3, 0.4) is 0 Å². The van der Waals surface area contributed by atoms with E-state index in [0.717, 1.165) is 57.8 Å². The lowest BCUT2D eigenvalue weighted by atomic mass is 10.0. The number of esters is 2. The highest BCUT2D eigenvalue weighted by molar-refractivity contribution is 7.47. The zero-order chi connectivity index (χ0) is 74.3. The third-order valence-electron chi connectivity index (χ3n) is 21.2. The van der Waals surface area contributed by atoms with Gasteiger partial charge in [0.05, 0.1) is 13.2 Å². The first-order valence-corrected chi connectivity index (χ1v) is 47.6. The van der Waals surface area contributed by atoms with Gasteiger partial charge in [-0.2, -0.15) is 0 Å². The fourth-order valence-corrected chi connectivity index (χ4v) is 15.2. The molecule has 9 nitrogen and oxygen atoms in total. The van der Waals surface area contributed by atoms with Crippen LogP contribution < -0.4 is 5.73 Å². The van der Waals surface area contributed by atoms with Crippen molar-refractivity contribution in [1.29, 1.82) is 0 Å².